The van der Waals surface area contributed by atoms with Crippen LogP contribution >= 0.6 is 0 Å². The van der Waals surface area contributed by atoms with Gasteiger partial charge in [0, 0.05) is 25.1 Å². The molecule has 0 radical (unpaired) electrons. The molecule has 0 unspecified atom stereocenters. The molecule has 2 aliphatic rings. The number of hydrogen-bond acceptors (Lipinski definition) is 4. The molecule has 1 aromatic rings. The molecule has 0 atom stereocenters. The summed E-state index contributed by atoms with van der Waals surface area (Å²) in [5.74, 6) is 0.973. The van der Waals surface area contributed by atoms with E-state index in [0.29, 0.717) is 12.0 Å². The molecule has 0 bridgehead atoms. The summed E-state index contributed by atoms with van der Waals surface area (Å²) in [4.78, 5) is 2.59. The van der Waals surface area contributed by atoms with E-state index in [1.165, 1.54) is 37.7 Å². The predicted molar refractivity (Wildman–Crippen MR) is 97.5 cm³/mol. The van der Waals surface area contributed by atoms with Crippen LogP contribution < -0.4 is 10.1 Å². The SMILES string of the molecule is COCc1cccc(OCC2(CN(C)C3CCNCC3)CCC2)c1. The van der Waals surface area contributed by atoms with Gasteiger partial charge in [0.05, 0.1) is 13.2 Å². The largest absolute Gasteiger partial charge is 0.493 e. The molecular formula is C20H32N2O2. The molecule has 1 aliphatic carbocycles. The standard InChI is InChI=1S/C20H32N2O2/c1-22(18-7-11-21-12-8-18)15-20(9-4-10-20)16-24-19-6-3-5-17(13-19)14-23-2/h3,5-6,13,18,21H,4,7-12,14-16H2,1-2H3. The minimum absolute atomic E-state index is 0.344. The van der Waals surface area contributed by atoms with Crippen molar-refractivity contribution in [2.24, 2.45) is 5.41 Å². The Bertz CT molecular complexity index is 510. The molecule has 1 aliphatic heterocycles. The molecule has 1 heterocycles. The van der Waals surface area contributed by atoms with E-state index in [1.54, 1.807) is 7.11 Å². The first kappa shape index (κ1) is 17.7. The molecule has 0 aromatic heterocycles. The summed E-state index contributed by atoms with van der Waals surface area (Å²) in [5.41, 5.74) is 1.51. The first-order chi connectivity index (χ1) is 11.7. The van der Waals surface area contributed by atoms with Gasteiger partial charge in [-0.3, -0.25) is 0 Å². The summed E-state index contributed by atoms with van der Waals surface area (Å²) in [6, 6.07) is 9.03. The highest BCUT2D eigenvalue weighted by molar-refractivity contribution is 5.28. The van der Waals surface area contributed by atoms with Crippen molar-refractivity contribution in [3.05, 3.63) is 29.8 Å². The average Bonchev–Trinajstić information content (AvgIpc) is 2.58. The lowest BCUT2D eigenvalue weighted by Crippen LogP contribution is -2.50. The van der Waals surface area contributed by atoms with Crippen molar-refractivity contribution in [3.63, 3.8) is 0 Å². The topological polar surface area (TPSA) is 33.7 Å². The molecule has 4 heteroatoms. The number of hydrogen-bond donors (Lipinski definition) is 1. The highest BCUT2D eigenvalue weighted by Crippen LogP contribution is 2.42. The van der Waals surface area contributed by atoms with Crippen LogP contribution in [-0.4, -0.2) is 51.3 Å². The summed E-state index contributed by atoms with van der Waals surface area (Å²) in [6.07, 6.45) is 6.46. The highest BCUT2D eigenvalue weighted by atomic mass is 16.5. The van der Waals surface area contributed by atoms with Gasteiger partial charge in [0.15, 0.2) is 0 Å². The first-order valence-electron chi connectivity index (χ1n) is 9.32. The Labute approximate surface area is 146 Å². The van der Waals surface area contributed by atoms with Crippen molar-refractivity contribution in [3.8, 4) is 5.75 Å². The zero-order valence-corrected chi connectivity index (χ0v) is 15.2. The van der Waals surface area contributed by atoms with Crippen LogP contribution in [0.1, 0.15) is 37.7 Å². The molecule has 1 N–H and O–H groups in total. The number of ether oxygens (including phenoxy) is 2. The van der Waals surface area contributed by atoms with Crippen LogP contribution in [0.3, 0.4) is 0 Å². The quantitative estimate of drug-likeness (QED) is 0.793. The van der Waals surface area contributed by atoms with E-state index in [0.717, 1.165) is 38.0 Å². The summed E-state index contributed by atoms with van der Waals surface area (Å²) in [6.45, 7) is 4.95. The van der Waals surface area contributed by atoms with Gasteiger partial charge in [-0.05, 0) is 63.5 Å². The van der Waals surface area contributed by atoms with Gasteiger partial charge in [-0.2, -0.15) is 0 Å². The third kappa shape index (κ3) is 4.50. The van der Waals surface area contributed by atoms with Crippen LogP contribution in [-0.2, 0) is 11.3 Å². The molecule has 1 saturated carbocycles. The molecule has 0 amide bonds. The van der Waals surface area contributed by atoms with Gasteiger partial charge in [0.25, 0.3) is 0 Å². The minimum Gasteiger partial charge on any atom is -0.493 e. The van der Waals surface area contributed by atoms with Gasteiger partial charge in [0.2, 0.25) is 0 Å². The summed E-state index contributed by atoms with van der Waals surface area (Å²) >= 11 is 0. The summed E-state index contributed by atoms with van der Waals surface area (Å²) in [7, 11) is 4.03. The Kier molecular flexibility index (Phi) is 6.14. The van der Waals surface area contributed by atoms with E-state index in [-0.39, 0.29) is 0 Å². The van der Waals surface area contributed by atoms with Crippen molar-refractivity contribution < 1.29 is 9.47 Å². The third-order valence-corrected chi connectivity index (χ3v) is 5.69. The molecule has 1 aromatic carbocycles. The van der Waals surface area contributed by atoms with Gasteiger partial charge < -0.3 is 19.7 Å². The van der Waals surface area contributed by atoms with Crippen LogP contribution in [0, 0.1) is 5.41 Å². The van der Waals surface area contributed by atoms with E-state index in [4.69, 9.17) is 9.47 Å². The minimum atomic E-state index is 0.344. The van der Waals surface area contributed by atoms with Gasteiger partial charge >= 0.3 is 0 Å². The van der Waals surface area contributed by atoms with Crippen molar-refractivity contribution >= 4 is 0 Å². The average molecular weight is 332 g/mol. The highest BCUT2D eigenvalue weighted by Gasteiger charge is 2.40. The monoisotopic (exact) mass is 332 g/mol. The van der Waals surface area contributed by atoms with Crippen molar-refractivity contribution in [2.45, 2.75) is 44.8 Å². The fraction of sp³-hybridized carbons (Fsp3) is 0.700. The molecule has 24 heavy (non-hydrogen) atoms. The maximum Gasteiger partial charge on any atom is 0.119 e. The van der Waals surface area contributed by atoms with E-state index >= 15 is 0 Å². The van der Waals surface area contributed by atoms with Crippen molar-refractivity contribution in [1.29, 1.82) is 0 Å². The van der Waals surface area contributed by atoms with Crippen LogP contribution in [0.4, 0.5) is 0 Å². The van der Waals surface area contributed by atoms with E-state index in [1.807, 2.05) is 0 Å². The predicted octanol–water partition coefficient (Wildman–Crippen LogP) is 3.07. The molecule has 134 valence electrons. The normalized spacial score (nSPS) is 20.8. The van der Waals surface area contributed by atoms with Crippen molar-refractivity contribution in [2.75, 3.05) is 40.4 Å². The lowest BCUT2D eigenvalue weighted by Gasteiger charge is -2.46. The Morgan fingerprint density at radius 2 is 2.04 bits per heavy atom. The maximum atomic E-state index is 6.19. The fourth-order valence-corrected chi connectivity index (χ4v) is 4.06. The second kappa shape index (κ2) is 8.32. The summed E-state index contributed by atoms with van der Waals surface area (Å²) < 4.78 is 11.4. The van der Waals surface area contributed by atoms with Gasteiger partial charge in [-0.1, -0.05) is 18.6 Å². The number of rotatable bonds is 8. The smallest absolute Gasteiger partial charge is 0.119 e. The van der Waals surface area contributed by atoms with Crippen LogP contribution in [0.15, 0.2) is 24.3 Å². The Morgan fingerprint density at radius 3 is 2.71 bits per heavy atom. The van der Waals surface area contributed by atoms with E-state index in [2.05, 4.69) is 41.5 Å². The Balaban J connectivity index is 1.54. The van der Waals surface area contributed by atoms with Gasteiger partial charge in [-0.25, -0.2) is 0 Å². The number of benzene rings is 1. The van der Waals surface area contributed by atoms with Gasteiger partial charge in [0.1, 0.15) is 5.75 Å². The second-order valence-corrected chi connectivity index (χ2v) is 7.62. The zero-order chi connectivity index (χ0) is 16.8. The number of nitrogens with one attached hydrogen (secondary N) is 1. The number of piperidine rings is 1. The second-order valence-electron chi connectivity index (χ2n) is 7.62. The third-order valence-electron chi connectivity index (χ3n) is 5.69. The number of methoxy groups -OCH3 is 1. The molecule has 0 spiro atoms. The maximum absolute atomic E-state index is 6.19. The Morgan fingerprint density at radius 1 is 1.25 bits per heavy atom. The van der Waals surface area contributed by atoms with Crippen LogP contribution in [0.2, 0.25) is 0 Å². The van der Waals surface area contributed by atoms with Crippen molar-refractivity contribution in [1.82, 2.24) is 10.2 Å². The molecule has 3 rings (SSSR count). The lowest BCUT2D eigenvalue weighted by molar-refractivity contribution is 0.00919. The summed E-state index contributed by atoms with van der Waals surface area (Å²) in [5, 5.41) is 3.46. The zero-order valence-electron chi connectivity index (χ0n) is 15.2. The fourth-order valence-electron chi connectivity index (χ4n) is 4.06. The first-order valence-corrected chi connectivity index (χ1v) is 9.32. The lowest BCUT2D eigenvalue weighted by atomic mass is 9.69. The van der Waals surface area contributed by atoms with E-state index < -0.39 is 0 Å². The van der Waals surface area contributed by atoms with E-state index in [9.17, 15) is 0 Å². The molecule has 4 nitrogen and oxygen atoms in total. The van der Waals surface area contributed by atoms with Crippen LogP contribution in [0.25, 0.3) is 0 Å². The molecule has 1 saturated heterocycles. The molecular weight excluding hydrogens is 300 g/mol. The van der Waals surface area contributed by atoms with Crippen LogP contribution in [0.5, 0.6) is 5.75 Å². The van der Waals surface area contributed by atoms with Gasteiger partial charge in [-0.15, -0.1) is 0 Å². The molecule has 2 fully saturated rings. The number of nitrogens with zero attached hydrogens (tertiary/aromatic N) is 1. The Hall–Kier alpha value is -1.10.